The van der Waals surface area contributed by atoms with Crippen LogP contribution in [0.2, 0.25) is 0 Å². The first kappa shape index (κ1) is 31.7. The van der Waals surface area contributed by atoms with Crippen LogP contribution in [0.4, 0.5) is 11.4 Å². The molecule has 1 aliphatic rings. The molecule has 0 bridgehead atoms. The molecule has 4 aromatic rings. The number of nitro groups is 2. The highest BCUT2D eigenvalue weighted by atomic mass is 16.6. The number of Topliss-reactive ketones (excluding diaryl/α,β-unsaturated/α-hetero) is 1. The van der Waals surface area contributed by atoms with Crippen molar-refractivity contribution in [2.75, 3.05) is 6.61 Å². The second-order valence-electron chi connectivity index (χ2n) is 11.1. The van der Waals surface area contributed by atoms with E-state index < -0.39 is 50.4 Å². The van der Waals surface area contributed by atoms with Crippen molar-refractivity contribution in [2.24, 2.45) is 11.3 Å². The van der Waals surface area contributed by atoms with Gasteiger partial charge in [-0.1, -0.05) is 60.7 Å². The van der Waals surface area contributed by atoms with Crippen LogP contribution in [0.15, 0.2) is 109 Å². The standard InChI is InChI=1S/C35H29N3O8/c1-2-46-33(40)34(22-36)29(23-9-5-3-6-10-23)21-35(41,26-15-19-28(20-16-26)38(44)45)31(30(34)24-11-7-4-8-12-24)32(39)25-13-17-27(18-14-25)37(42)43/h3-20,29-31,41H,2,21H2,1H3/t29-,30-,31-,34-,35-/m0/s1. The van der Waals surface area contributed by atoms with Crippen molar-refractivity contribution in [1.29, 1.82) is 5.26 Å². The first-order valence-electron chi connectivity index (χ1n) is 14.5. The Kier molecular flexibility index (Phi) is 8.76. The van der Waals surface area contributed by atoms with Crippen molar-refractivity contribution in [3.8, 4) is 6.07 Å². The van der Waals surface area contributed by atoms with Gasteiger partial charge in [-0.3, -0.25) is 29.8 Å². The van der Waals surface area contributed by atoms with Gasteiger partial charge in [0.15, 0.2) is 11.2 Å². The molecule has 11 heteroatoms. The smallest absolute Gasteiger partial charge is 0.327 e. The van der Waals surface area contributed by atoms with Crippen molar-refractivity contribution < 1.29 is 29.3 Å². The van der Waals surface area contributed by atoms with E-state index in [1.807, 2.05) is 0 Å². The van der Waals surface area contributed by atoms with Crippen molar-refractivity contribution in [1.82, 2.24) is 0 Å². The van der Waals surface area contributed by atoms with Gasteiger partial charge in [-0.15, -0.1) is 0 Å². The molecule has 0 aliphatic heterocycles. The van der Waals surface area contributed by atoms with Gasteiger partial charge < -0.3 is 9.84 Å². The lowest BCUT2D eigenvalue weighted by Crippen LogP contribution is -2.59. The molecule has 0 unspecified atom stereocenters. The van der Waals surface area contributed by atoms with E-state index in [0.717, 1.165) is 12.1 Å². The van der Waals surface area contributed by atoms with Crippen LogP contribution in [-0.4, -0.2) is 33.3 Å². The number of carbonyl (C=O) groups is 2. The largest absolute Gasteiger partial charge is 0.465 e. The highest BCUT2D eigenvalue weighted by Gasteiger charge is 2.67. The second kappa shape index (κ2) is 12.7. The minimum absolute atomic E-state index is 0.00530. The number of benzene rings is 4. The molecule has 46 heavy (non-hydrogen) atoms. The molecule has 0 aromatic heterocycles. The third kappa shape index (κ3) is 5.39. The highest BCUT2D eigenvalue weighted by Crippen LogP contribution is 2.63. The van der Waals surface area contributed by atoms with Gasteiger partial charge in [0.05, 0.1) is 28.4 Å². The normalized spacial score (nSPS) is 23.9. The van der Waals surface area contributed by atoms with E-state index in [1.165, 1.54) is 36.4 Å². The number of nitro benzene ring substituents is 2. The van der Waals surface area contributed by atoms with Gasteiger partial charge in [-0.25, -0.2) is 0 Å². The maximum Gasteiger partial charge on any atom is 0.327 e. The van der Waals surface area contributed by atoms with Gasteiger partial charge in [0, 0.05) is 41.7 Å². The maximum atomic E-state index is 14.8. The summed E-state index contributed by atoms with van der Waals surface area (Å²) in [5.74, 6) is -5.39. The SMILES string of the molecule is CCOC(=O)[C@@]1(C#N)[C@H](c2ccccc2)C[C@](O)(c2ccc([N+](=O)[O-])cc2)[C@H](C(=O)c2ccc([N+](=O)[O-])cc2)[C@@H]1c1ccccc1. The van der Waals surface area contributed by atoms with Gasteiger partial charge in [-0.2, -0.15) is 5.26 Å². The summed E-state index contributed by atoms with van der Waals surface area (Å²) < 4.78 is 5.57. The zero-order chi connectivity index (χ0) is 33.1. The fourth-order valence-corrected chi connectivity index (χ4v) is 6.71. The van der Waals surface area contributed by atoms with Crippen LogP contribution < -0.4 is 0 Å². The van der Waals surface area contributed by atoms with E-state index in [1.54, 1.807) is 67.6 Å². The molecule has 0 heterocycles. The average molecular weight is 620 g/mol. The number of ketones is 1. The zero-order valence-corrected chi connectivity index (χ0v) is 24.7. The highest BCUT2D eigenvalue weighted by molar-refractivity contribution is 6.01. The van der Waals surface area contributed by atoms with Crippen LogP contribution in [0.3, 0.4) is 0 Å². The van der Waals surface area contributed by atoms with Crippen molar-refractivity contribution >= 4 is 23.1 Å². The van der Waals surface area contributed by atoms with Crippen LogP contribution in [0, 0.1) is 42.9 Å². The monoisotopic (exact) mass is 619 g/mol. The minimum atomic E-state index is -2.10. The lowest BCUT2D eigenvalue weighted by atomic mass is 9.47. The molecule has 0 saturated heterocycles. The average Bonchev–Trinajstić information content (AvgIpc) is 3.08. The number of non-ortho nitro benzene ring substituents is 2. The first-order chi connectivity index (χ1) is 22.1. The van der Waals surface area contributed by atoms with E-state index in [4.69, 9.17) is 4.74 Å². The zero-order valence-electron chi connectivity index (χ0n) is 24.7. The number of nitrogens with zero attached hydrogens (tertiary/aromatic N) is 3. The van der Waals surface area contributed by atoms with Crippen LogP contribution in [0.25, 0.3) is 0 Å². The van der Waals surface area contributed by atoms with Crippen molar-refractivity contribution in [3.05, 3.63) is 152 Å². The third-order valence-corrected chi connectivity index (χ3v) is 8.79. The predicted molar refractivity (Wildman–Crippen MR) is 166 cm³/mol. The lowest BCUT2D eigenvalue weighted by Gasteiger charge is -2.54. The molecular formula is C35H29N3O8. The predicted octanol–water partition coefficient (Wildman–Crippen LogP) is 6.23. The summed E-state index contributed by atoms with van der Waals surface area (Å²) in [6.45, 7) is 1.55. The maximum absolute atomic E-state index is 14.8. The summed E-state index contributed by atoms with van der Waals surface area (Å²) in [5.41, 5.74) is -3.51. The topological polar surface area (TPSA) is 174 Å². The summed E-state index contributed by atoms with van der Waals surface area (Å²) in [6, 6.07) is 29.4. The van der Waals surface area contributed by atoms with E-state index in [2.05, 4.69) is 6.07 Å². The number of hydrogen-bond donors (Lipinski definition) is 1. The third-order valence-electron chi connectivity index (χ3n) is 8.79. The second-order valence-corrected chi connectivity index (χ2v) is 11.1. The number of aliphatic hydroxyl groups is 1. The van der Waals surface area contributed by atoms with Gasteiger partial charge in [0.1, 0.15) is 5.60 Å². The fourth-order valence-electron chi connectivity index (χ4n) is 6.71. The molecule has 232 valence electrons. The Morgan fingerprint density at radius 1 is 0.848 bits per heavy atom. The molecule has 1 aliphatic carbocycles. The van der Waals surface area contributed by atoms with Gasteiger partial charge in [0.25, 0.3) is 11.4 Å². The number of hydrogen-bond acceptors (Lipinski definition) is 9. The van der Waals surface area contributed by atoms with Crippen LogP contribution in [0.1, 0.15) is 52.2 Å². The van der Waals surface area contributed by atoms with Crippen LogP contribution >= 0.6 is 0 Å². The first-order valence-corrected chi connectivity index (χ1v) is 14.5. The number of nitriles is 1. The molecule has 0 amide bonds. The van der Waals surface area contributed by atoms with Gasteiger partial charge >= 0.3 is 5.97 Å². The summed E-state index contributed by atoms with van der Waals surface area (Å²) in [7, 11) is 0. The van der Waals surface area contributed by atoms with Crippen molar-refractivity contribution in [3.63, 3.8) is 0 Å². The molecule has 11 nitrogen and oxygen atoms in total. The Bertz CT molecular complexity index is 1810. The quantitative estimate of drug-likeness (QED) is 0.0985. The Hall–Kier alpha value is -5.73. The van der Waals surface area contributed by atoms with E-state index in [9.17, 15) is 40.2 Å². The van der Waals surface area contributed by atoms with E-state index in [-0.39, 0.29) is 35.5 Å². The minimum Gasteiger partial charge on any atom is -0.465 e. The Morgan fingerprint density at radius 2 is 1.35 bits per heavy atom. The summed E-state index contributed by atoms with van der Waals surface area (Å²) in [5, 5.41) is 46.9. The van der Waals surface area contributed by atoms with Crippen LogP contribution in [0.5, 0.6) is 0 Å². The Balaban J connectivity index is 1.86. The number of carbonyl (C=O) groups excluding carboxylic acids is 2. The molecule has 5 atom stereocenters. The number of rotatable bonds is 9. The van der Waals surface area contributed by atoms with E-state index in [0.29, 0.717) is 11.1 Å². The molecule has 1 saturated carbocycles. The Labute approximate surface area is 264 Å². The lowest BCUT2D eigenvalue weighted by molar-refractivity contribution is -0.385. The summed E-state index contributed by atoms with van der Waals surface area (Å²) >= 11 is 0. The molecular weight excluding hydrogens is 590 g/mol. The summed E-state index contributed by atoms with van der Waals surface area (Å²) in [6.07, 6.45) is -0.312. The van der Waals surface area contributed by atoms with Gasteiger partial charge in [-0.05, 0) is 54.3 Å². The molecule has 4 aromatic carbocycles. The van der Waals surface area contributed by atoms with Crippen LogP contribution in [-0.2, 0) is 15.1 Å². The molecule has 1 fully saturated rings. The molecule has 1 N–H and O–H groups in total. The fraction of sp³-hybridized carbons (Fsp3) is 0.229. The van der Waals surface area contributed by atoms with E-state index >= 15 is 0 Å². The number of ether oxygens (including phenoxy) is 1. The molecule has 0 spiro atoms. The van der Waals surface area contributed by atoms with Gasteiger partial charge in [0.2, 0.25) is 0 Å². The molecule has 0 radical (unpaired) electrons. The Morgan fingerprint density at radius 3 is 1.83 bits per heavy atom. The summed E-state index contributed by atoms with van der Waals surface area (Å²) in [4.78, 5) is 50.6. The number of esters is 1. The van der Waals surface area contributed by atoms with Crippen molar-refractivity contribution in [2.45, 2.75) is 30.8 Å². The molecule has 5 rings (SSSR count).